The number of hydrogen-bond acceptors (Lipinski definition) is 3. The third-order valence-electron chi connectivity index (χ3n) is 7.30. The van der Waals surface area contributed by atoms with Crippen molar-refractivity contribution in [2.24, 2.45) is 35.5 Å². The highest BCUT2D eigenvalue weighted by Gasteiger charge is 2.69. The molecule has 5 aliphatic rings. The number of hydrogen-bond donors (Lipinski definition) is 1. The number of alkyl halides is 3. The molecule has 2 saturated carbocycles. The Labute approximate surface area is 164 Å². The average molecular weight is 404 g/mol. The van der Waals surface area contributed by atoms with Crippen molar-refractivity contribution in [1.29, 1.82) is 0 Å². The second-order valence-corrected chi connectivity index (χ2v) is 8.56. The Morgan fingerprint density at radius 2 is 1.41 bits per heavy atom. The van der Waals surface area contributed by atoms with Crippen molar-refractivity contribution in [3.63, 3.8) is 0 Å². The maximum absolute atomic E-state index is 13.0. The predicted octanol–water partition coefficient (Wildman–Crippen LogP) is 3.18. The van der Waals surface area contributed by atoms with Gasteiger partial charge in [0.15, 0.2) is 0 Å². The quantitative estimate of drug-likeness (QED) is 0.608. The summed E-state index contributed by atoms with van der Waals surface area (Å²) < 4.78 is 38.1. The highest BCUT2D eigenvalue weighted by atomic mass is 19.4. The molecule has 2 bridgehead atoms. The molecule has 3 amide bonds. The fraction of sp³-hybridized carbons (Fsp3) is 0.476. The maximum Gasteiger partial charge on any atom is 0.416 e. The Morgan fingerprint density at radius 1 is 0.931 bits per heavy atom. The summed E-state index contributed by atoms with van der Waals surface area (Å²) in [6.45, 7) is 4.05. The number of hydrazine groups is 1. The van der Waals surface area contributed by atoms with E-state index in [1.165, 1.54) is 11.1 Å². The summed E-state index contributed by atoms with van der Waals surface area (Å²) in [6.07, 6.45) is -3.47. The summed E-state index contributed by atoms with van der Waals surface area (Å²) in [5.74, 6) is -1.54. The van der Waals surface area contributed by atoms with Gasteiger partial charge in [-0.15, -0.1) is 0 Å². The molecular formula is C21H19F3N2O3. The summed E-state index contributed by atoms with van der Waals surface area (Å²) in [6, 6.07) is 3.66. The summed E-state index contributed by atoms with van der Waals surface area (Å²) in [5.41, 5.74) is 3.78. The first-order valence-electron chi connectivity index (χ1n) is 9.64. The van der Waals surface area contributed by atoms with Crippen LogP contribution < -0.4 is 5.43 Å². The number of carbonyl (C=O) groups is 3. The van der Waals surface area contributed by atoms with Crippen molar-refractivity contribution >= 4 is 17.7 Å². The molecule has 152 valence electrons. The van der Waals surface area contributed by atoms with Gasteiger partial charge >= 0.3 is 6.18 Å². The summed E-state index contributed by atoms with van der Waals surface area (Å²) in [4.78, 5) is 38.5. The Morgan fingerprint density at radius 3 is 1.86 bits per heavy atom. The van der Waals surface area contributed by atoms with Crippen molar-refractivity contribution in [3.8, 4) is 0 Å². The molecule has 1 saturated heterocycles. The van der Waals surface area contributed by atoms with Crippen molar-refractivity contribution in [1.82, 2.24) is 10.4 Å². The van der Waals surface area contributed by atoms with E-state index < -0.39 is 41.3 Å². The highest BCUT2D eigenvalue weighted by molar-refractivity contribution is 6.08. The summed E-state index contributed by atoms with van der Waals surface area (Å²) in [7, 11) is 0. The average Bonchev–Trinajstić information content (AvgIpc) is 3.43. The molecule has 5 unspecified atom stereocenters. The number of halogens is 3. The van der Waals surface area contributed by atoms with Crippen LogP contribution in [0, 0.1) is 35.5 Å². The van der Waals surface area contributed by atoms with Crippen LogP contribution in [0.3, 0.4) is 0 Å². The van der Waals surface area contributed by atoms with Crippen molar-refractivity contribution < 1.29 is 27.6 Å². The first-order chi connectivity index (χ1) is 13.6. The highest BCUT2D eigenvalue weighted by Crippen LogP contribution is 2.69. The van der Waals surface area contributed by atoms with E-state index in [9.17, 15) is 27.6 Å². The van der Waals surface area contributed by atoms with E-state index in [1.807, 2.05) is 13.8 Å². The van der Waals surface area contributed by atoms with Crippen molar-refractivity contribution in [2.45, 2.75) is 26.4 Å². The molecule has 1 aromatic rings. The van der Waals surface area contributed by atoms with E-state index in [1.54, 1.807) is 0 Å². The van der Waals surface area contributed by atoms with Gasteiger partial charge in [-0.25, -0.2) is 0 Å². The van der Waals surface area contributed by atoms with Crippen LogP contribution in [0.2, 0.25) is 0 Å². The number of carbonyl (C=O) groups excluding carboxylic acids is 3. The van der Waals surface area contributed by atoms with Gasteiger partial charge in [0.2, 0.25) is 0 Å². The molecule has 1 aromatic carbocycles. The van der Waals surface area contributed by atoms with Gasteiger partial charge in [0, 0.05) is 5.56 Å². The zero-order chi connectivity index (χ0) is 20.8. The maximum atomic E-state index is 13.0. The van der Waals surface area contributed by atoms with Gasteiger partial charge in [0.05, 0.1) is 17.4 Å². The van der Waals surface area contributed by atoms with Crippen LogP contribution >= 0.6 is 0 Å². The largest absolute Gasteiger partial charge is 0.416 e. The Balaban J connectivity index is 1.38. The van der Waals surface area contributed by atoms with Gasteiger partial charge in [-0.1, -0.05) is 11.1 Å². The zero-order valence-electron chi connectivity index (χ0n) is 15.8. The minimum absolute atomic E-state index is 0.0411. The molecule has 5 nitrogen and oxygen atoms in total. The number of benzene rings is 1. The standard InChI is InChI=1S/C21H19F3N2O3/c1-8-9(2)15-13-7-12(13)14(8)16-17(15)20(29)26(19(16)28)25-18(27)10-3-5-11(6-4-10)21(22,23)24/h3-6,12-17H,7H2,1-2H3,(H,25,27)/t12?,13?,14?,15?,16-,17?/m1/s1. The van der Waals surface area contributed by atoms with Crippen LogP contribution in [0.5, 0.6) is 0 Å². The number of rotatable bonds is 2. The van der Waals surface area contributed by atoms with Gasteiger partial charge in [-0.3, -0.25) is 19.8 Å². The number of allylic oxidation sites excluding steroid dienone is 2. The molecule has 0 radical (unpaired) electrons. The zero-order valence-corrected chi connectivity index (χ0v) is 15.8. The first-order valence-corrected chi connectivity index (χ1v) is 9.64. The molecule has 0 spiro atoms. The molecule has 6 rings (SSSR count). The van der Waals surface area contributed by atoms with E-state index in [0.717, 1.165) is 35.7 Å². The molecule has 3 fully saturated rings. The normalized spacial score (nSPS) is 35.0. The molecule has 8 heteroatoms. The van der Waals surface area contributed by atoms with Crippen LogP contribution in [0.15, 0.2) is 35.4 Å². The molecule has 1 aliphatic heterocycles. The third kappa shape index (κ3) is 2.44. The van der Waals surface area contributed by atoms with Crippen LogP contribution in [-0.2, 0) is 15.8 Å². The Kier molecular flexibility index (Phi) is 3.62. The van der Waals surface area contributed by atoms with Gasteiger partial charge in [-0.05, 0) is 68.2 Å². The van der Waals surface area contributed by atoms with Gasteiger partial charge in [0.1, 0.15) is 0 Å². The minimum Gasteiger partial charge on any atom is -0.272 e. The van der Waals surface area contributed by atoms with E-state index >= 15 is 0 Å². The van der Waals surface area contributed by atoms with E-state index in [-0.39, 0.29) is 17.4 Å². The monoisotopic (exact) mass is 404 g/mol. The third-order valence-corrected chi connectivity index (χ3v) is 7.30. The van der Waals surface area contributed by atoms with E-state index in [0.29, 0.717) is 11.8 Å². The van der Waals surface area contributed by atoms with Gasteiger partial charge in [0.25, 0.3) is 17.7 Å². The number of nitrogens with zero attached hydrogens (tertiary/aromatic N) is 1. The summed E-state index contributed by atoms with van der Waals surface area (Å²) >= 11 is 0. The molecule has 1 heterocycles. The van der Waals surface area contributed by atoms with Crippen LogP contribution in [-0.4, -0.2) is 22.7 Å². The Hall–Kier alpha value is -2.64. The second-order valence-electron chi connectivity index (χ2n) is 8.56. The lowest BCUT2D eigenvalue weighted by molar-refractivity contribution is -0.143. The lowest BCUT2D eigenvalue weighted by Gasteiger charge is -2.44. The SMILES string of the molecule is CC1=C(C)C2C3CC3C1C1C(=O)N(NC(=O)c3ccc(C(F)(F)F)cc3)C(=O)[C@H]21. The van der Waals surface area contributed by atoms with Gasteiger partial charge in [-0.2, -0.15) is 18.2 Å². The first kappa shape index (κ1) is 18.4. The Bertz CT molecular complexity index is 940. The van der Waals surface area contributed by atoms with Crippen LogP contribution in [0.25, 0.3) is 0 Å². The topological polar surface area (TPSA) is 66.5 Å². The van der Waals surface area contributed by atoms with E-state index in [2.05, 4.69) is 5.43 Å². The minimum atomic E-state index is -4.51. The lowest BCUT2D eigenvalue weighted by atomic mass is 9.57. The molecule has 29 heavy (non-hydrogen) atoms. The molecular weight excluding hydrogens is 385 g/mol. The van der Waals surface area contributed by atoms with Crippen LogP contribution in [0.1, 0.15) is 36.2 Å². The number of nitrogens with one attached hydrogen (secondary N) is 1. The predicted molar refractivity (Wildman–Crippen MR) is 94.7 cm³/mol. The van der Waals surface area contributed by atoms with Crippen molar-refractivity contribution in [2.75, 3.05) is 0 Å². The number of imide groups is 1. The lowest BCUT2D eigenvalue weighted by Crippen LogP contribution is -2.47. The smallest absolute Gasteiger partial charge is 0.272 e. The fourth-order valence-electron chi connectivity index (χ4n) is 5.86. The van der Waals surface area contributed by atoms with Crippen LogP contribution in [0.4, 0.5) is 13.2 Å². The van der Waals surface area contributed by atoms with Gasteiger partial charge < -0.3 is 0 Å². The summed E-state index contributed by atoms with van der Waals surface area (Å²) in [5, 5.41) is 0.798. The second kappa shape index (κ2) is 5.70. The molecule has 1 N–H and O–H groups in total. The van der Waals surface area contributed by atoms with Crippen molar-refractivity contribution in [3.05, 3.63) is 46.5 Å². The van der Waals surface area contributed by atoms with E-state index in [4.69, 9.17) is 0 Å². The molecule has 6 atom stereocenters. The number of amides is 3. The fourth-order valence-corrected chi connectivity index (χ4v) is 5.86. The molecule has 0 aromatic heterocycles. The molecule has 4 aliphatic carbocycles.